The van der Waals surface area contributed by atoms with Crippen LogP contribution in [-0.2, 0) is 26.2 Å². The summed E-state index contributed by atoms with van der Waals surface area (Å²) in [4.78, 5) is 28.4. The summed E-state index contributed by atoms with van der Waals surface area (Å²) in [5.41, 5.74) is 2.25. The van der Waals surface area contributed by atoms with Crippen LogP contribution in [0.1, 0.15) is 38.8 Å². The first-order chi connectivity index (χ1) is 19.0. The molecule has 1 atom stereocenters. The van der Waals surface area contributed by atoms with Gasteiger partial charge in [-0.1, -0.05) is 61.9 Å². The lowest BCUT2D eigenvalue weighted by Crippen LogP contribution is -2.51. The van der Waals surface area contributed by atoms with E-state index in [1.807, 2.05) is 52.0 Å². The number of amides is 2. The van der Waals surface area contributed by atoms with E-state index < -0.39 is 28.5 Å². The van der Waals surface area contributed by atoms with Crippen LogP contribution in [0.4, 0.5) is 5.69 Å². The molecule has 0 heterocycles. The van der Waals surface area contributed by atoms with Crippen LogP contribution in [0.2, 0.25) is 0 Å². The molecule has 9 heteroatoms. The van der Waals surface area contributed by atoms with Crippen molar-refractivity contribution in [1.29, 1.82) is 0 Å². The lowest BCUT2D eigenvalue weighted by molar-refractivity contribution is -0.139. The van der Waals surface area contributed by atoms with E-state index in [1.54, 1.807) is 49.4 Å². The molecule has 0 saturated heterocycles. The van der Waals surface area contributed by atoms with Gasteiger partial charge in [0, 0.05) is 13.1 Å². The van der Waals surface area contributed by atoms with Gasteiger partial charge in [0.25, 0.3) is 10.0 Å². The lowest BCUT2D eigenvalue weighted by Gasteiger charge is -2.32. The SMILES string of the molecule is CCOc1ccc(S(=O)(=O)N(CC(=O)N(Cc2ccc(C)cc2)[C@H](C)C(=O)NCC(C)C)c2ccccc2)cc1. The minimum Gasteiger partial charge on any atom is -0.494 e. The van der Waals surface area contributed by atoms with Crippen LogP contribution >= 0.6 is 0 Å². The highest BCUT2D eigenvalue weighted by Crippen LogP contribution is 2.26. The predicted molar refractivity (Wildman–Crippen MR) is 158 cm³/mol. The molecule has 3 aromatic rings. The first-order valence-corrected chi connectivity index (χ1v) is 14.9. The maximum absolute atomic E-state index is 13.9. The van der Waals surface area contributed by atoms with Gasteiger partial charge in [0.1, 0.15) is 18.3 Å². The number of carbonyl (C=O) groups excluding carboxylic acids is 2. The normalized spacial score (nSPS) is 12.1. The van der Waals surface area contributed by atoms with Gasteiger partial charge in [-0.3, -0.25) is 13.9 Å². The smallest absolute Gasteiger partial charge is 0.264 e. The summed E-state index contributed by atoms with van der Waals surface area (Å²) >= 11 is 0. The number of nitrogens with one attached hydrogen (secondary N) is 1. The predicted octanol–water partition coefficient (Wildman–Crippen LogP) is 4.78. The molecule has 0 aliphatic carbocycles. The van der Waals surface area contributed by atoms with Crippen LogP contribution in [-0.4, -0.2) is 50.9 Å². The van der Waals surface area contributed by atoms with Gasteiger partial charge < -0.3 is 15.0 Å². The summed E-state index contributed by atoms with van der Waals surface area (Å²) in [6, 6.07) is 21.5. The summed E-state index contributed by atoms with van der Waals surface area (Å²) < 4.78 is 34.3. The van der Waals surface area contributed by atoms with Crippen molar-refractivity contribution < 1.29 is 22.7 Å². The van der Waals surface area contributed by atoms with Crippen molar-refractivity contribution in [2.24, 2.45) is 5.92 Å². The molecular formula is C31H39N3O5S. The highest BCUT2D eigenvalue weighted by molar-refractivity contribution is 7.92. The largest absolute Gasteiger partial charge is 0.494 e. The van der Waals surface area contributed by atoms with Gasteiger partial charge >= 0.3 is 0 Å². The summed E-state index contributed by atoms with van der Waals surface area (Å²) in [5.74, 6) is 0.000421. The van der Waals surface area contributed by atoms with Gasteiger partial charge in [-0.15, -0.1) is 0 Å². The summed E-state index contributed by atoms with van der Waals surface area (Å²) in [5, 5.41) is 2.89. The molecule has 0 radical (unpaired) electrons. The van der Waals surface area contributed by atoms with Crippen molar-refractivity contribution in [3.63, 3.8) is 0 Å². The number of para-hydroxylation sites is 1. The van der Waals surface area contributed by atoms with Crippen molar-refractivity contribution in [1.82, 2.24) is 10.2 Å². The number of aryl methyl sites for hydroxylation is 1. The molecule has 0 unspecified atom stereocenters. The van der Waals surface area contributed by atoms with Gasteiger partial charge in [-0.2, -0.15) is 0 Å². The molecule has 8 nitrogen and oxygen atoms in total. The maximum Gasteiger partial charge on any atom is 0.264 e. The Bertz CT molecular complexity index is 1360. The molecule has 0 aliphatic heterocycles. The van der Waals surface area contributed by atoms with Crippen molar-refractivity contribution in [3.05, 3.63) is 90.0 Å². The van der Waals surface area contributed by atoms with E-state index >= 15 is 0 Å². The third-order valence-electron chi connectivity index (χ3n) is 6.37. The number of nitrogens with zero attached hydrogens (tertiary/aromatic N) is 2. The lowest BCUT2D eigenvalue weighted by atomic mass is 10.1. The van der Waals surface area contributed by atoms with Crippen LogP contribution in [0, 0.1) is 12.8 Å². The average Bonchev–Trinajstić information content (AvgIpc) is 2.94. The second kappa shape index (κ2) is 14.0. The Balaban J connectivity index is 1.97. The van der Waals surface area contributed by atoms with E-state index in [-0.39, 0.29) is 23.3 Å². The Morgan fingerprint density at radius 1 is 0.900 bits per heavy atom. The molecular weight excluding hydrogens is 526 g/mol. The molecule has 3 aromatic carbocycles. The first-order valence-electron chi connectivity index (χ1n) is 13.5. The van der Waals surface area contributed by atoms with Gasteiger partial charge in [0.05, 0.1) is 17.2 Å². The summed E-state index contributed by atoms with van der Waals surface area (Å²) in [6.45, 7) is 10.1. The Hall–Kier alpha value is -3.85. The third-order valence-corrected chi connectivity index (χ3v) is 8.16. The molecule has 2 amide bonds. The highest BCUT2D eigenvalue weighted by atomic mass is 32.2. The van der Waals surface area contributed by atoms with E-state index in [0.717, 1.165) is 15.4 Å². The fourth-order valence-corrected chi connectivity index (χ4v) is 5.46. The number of benzene rings is 3. The molecule has 0 aliphatic rings. The highest BCUT2D eigenvalue weighted by Gasteiger charge is 2.32. The molecule has 0 bridgehead atoms. The van der Waals surface area contributed by atoms with Crippen molar-refractivity contribution >= 4 is 27.5 Å². The summed E-state index contributed by atoms with van der Waals surface area (Å²) in [7, 11) is -4.13. The Morgan fingerprint density at radius 2 is 1.52 bits per heavy atom. The minimum absolute atomic E-state index is 0.0282. The topological polar surface area (TPSA) is 96.0 Å². The monoisotopic (exact) mass is 565 g/mol. The van der Waals surface area contributed by atoms with E-state index in [2.05, 4.69) is 5.32 Å². The standard InChI is InChI=1S/C31H39N3O5S/c1-6-39-28-16-18-29(19-17-28)40(37,38)34(27-10-8-7-9-11-27)22-30(35)33(21-26-14-12-24(4)13-15-26)25(5)31(36)32-20-23(2)3/h7-19,23,25H,6,20-22H2,1-5H3,(H,32,36)/t25-/m1/s1. The van der Waals surface area contributed by atoms with Crippen LogP contribution in [0.5, 0.6) is 5.75 Å². The van der Waals surface area contributed by atoms with Gasteiger partial charge in [0.15, 0.2) is 0 Å². The van der Waals surface area contributed by atoms with E-state index in [9.17, 15) is 18.0 Å². The van der Waals surface area contributed by atoms with Crippen molar-refractivity contribution in [3.8, 4) is 5.75 Å². The zero-order valence-electron chi connectivity index (χ0n) is 23.8. The fraction of sp³-hybridized carbons (Fsp3) is 0.355. The van der Waals surface area contributed by atoms with E-state index in [0.29, 0.717) is 24.6 Å². The zero-order valence-corrected chi connectivity index (χ0v) is 24.6. The number of rotatable bonds is 13. The molecule has 214 valence electrons. The number of carbonyl (C=O) groups is 2. The van der Waals surface area contributed by atoms with Gasteiger partial charge in [-0.25, -0.2) is 8.42 Å². The first kappa shape index (κ1) is 30.7. The Kier molecular flexibility index (Phi) is 10.7. The molecule has 40 heavy (non-hydrogen) atoms. The zero-order chi connectivity index (χ0) is 29.3. The molecule has 0 spiro atoms. The van der Waals surface area contributed by atoms with Crippen molar-refractivity contribution in [2.75, 3.05) is 24.0 Å². The van der Waals surface area contributed by atoms with E-state index in [1.165, 1.54) is 17.0 Å². The molecule has 3 rings (SSSR count). The average molecular weight is 566 g/mol. The van der Waals surface area contributed by atoms with Gasteiger partial charge in [-0.05, 0) is 68.7 Å². The maximum atomic E-state index is 13.9. The number of hydrogen-bond acceptors (Lipinski definition) is 5. The Morgan fingerprint density at radius 3 is 2.10 bits per heavy atom. The Labute approximate surface area is 238 Å². The number of anilines is 1. The van der Waals surface area contributed by atoms with Crippen LogP contribution in [0.25, 0.3) is 0 Å². The summed E-state index contributed by atoms with van der Waals surface area (Å²) in [6.07, 6.45) is 0. The molecule has 0 saturated carbocycles. The van der Waals surface area contributed by atoms with Crippen LogP contribution in [0.3, 0.4) is 0 Å². The number of sulfonamides is 1. The molecule has 0 fully saturated rings. The number of ether oxygens (including phenoxy) is 1. The van der Waals surface area contributed by atoms with Crippen LogP contribution in [0.15, 0.2) is 83.8 Å². The minimum atomic E-state index is -4.13. The fourth-order valence-electron chi connectivity index (χ4n) is 4.05. The third kappa shape index (κ3) is 8.08. The second-order valence-electron chi connectivity index (χ2n) is 10.1. The van der Waals surface area contributed by atoms with Gasteiger partial charge in [0.2, 0.25) is 11.8 Å². The van der Waals surface area contributed by atoms with E-state index in [4.69, 9.17) is 4.74 Å². The molecule has 1 N–H and O–H groups in total. The second-order valence-corrected chi connectivity index (χ2v) is 11.9. The molecule has 0 aromatic heterocycles. The van der Waals surface area contributed by atoms with Crippen molar-refractivity contribution in [2.45, 2.75) is 52.1 Å². The van der Waals surface area contributed by atoms with Crippen LogP contribution < -0.4 is 14.4 Å². The number of hydrogen-bond donors (Lipinski definition) is 1. The quantitative estimate of drug-likeness (QED) is 0.322.